The zero-order valence-electron chi connectivity index (χ0n) is 35.6. The van der Waals surface area contributed by atoms with Gasteiger partial charge in [-0.3, -0.25) is 14.4 Å². The number of carbonyl (C=O) groups is 3. The first-order valence-corrected chi connectivity index (χ1v) is 20.8. The summed E-state index contributed by atoms with van der Waals surface area (Å²) in [5, 5.41) is 13.0. The highest BCUT2D eigenvalue weighted by molar-refractivity contribution is 5.84. The van der Waals surface area contributed by atoms with Gasteiger partial charge in [-0.05, 0) is 149 Å². The van der Waals surface area contributed by atoms with Gasteiger partial charge in [-0.15, -0.1) is 0 Å². The third-order valence-electron chi connectivity index (χ3n) is 17.1. The van der Waals surface area contributed by atoms with E-state index in [1.54, 1.807) is 35.2 Å². The first kappa shape index (κ1) is 41.4. The summed E-state index contributed by atoms with van der Waals surface area (Å²) in [4.78, 5) is 39.6. The monoisotopic (exact) mass is 764 g/mol. The van der Waals surface area contributed by atoms with Gasteiger partial charge in [-0.1, -0.05) is 46.8 Å². The van der Waals surface area contributed by atoms with E-state index < -0.39 is 22.8 Å². The number of methoxy groups -OCH3 is 3. The molecule has 1 aromatic rings. The Labute approximate surface area is 330 Å². The van der Waals surface area contributed by atoms with Crippen molar-refractivity contribution in [3.63, 3.8) is 0 Å². The zero-order chi connectivity index (χ0) is 40.5. The minimum atomic E-state index is -1.16. The zero-order valence-corrected chi connectivity index (χ0v) is 35.6. The van der Waals surface area contributed by atoms with Gasteiger partial charge in [0.05, 0.1) is 38.6 Å². The average molecular weight is 764 g/mol. The summed E-state index contributed by atoms with van der Waals surface area (Å²) in [6.45, 7) is 22.5. The molecule has 2 N–H and O–H groups in total. The number of nitrogens with one attached hydrogen (secondary N) is 1. The molecule has 0 saturated heterocycles. The summed E-state index contributed by atoms with van der Waals surface area (Å²) >= 11 is 0. The highest BCUT2D eigenvalue weighted by Gasteiger charge is 2.72. The molecule has 5 fully saturated rings. The number of allylic oxidation sites excluding steroid dienone is 1. The van der Waals surface area contributed by atoms with E-state index in [0.29, 0.717) is 47.5 Å². The van der Waals surface area contributed by atoms with Gasteiger partial charge >= 0.3 is 11.9 Å². The Morgan fingerprint density at radius 3 is 2.07 bits per heavy atom. The fraction of sp³-hybridized carbons (Fsp3) is 0.761. The van der Waals surface area contributed by atoms with Crippen LogP contribution in [0.2, 0.25) is 0 Å². The van der Waals surface area contributed by atoms with Crippen LogP contribution in [0.5, 0.6) is 17.2 Å². The Balaban J connectivity index is 1.25. The molecular formula is C46H69NO8. The Kier molecular flexibility index (Phi) is 10.8. The van der Waals surface area contributed by atoms with Crippen LogP contribution in [0.1, 0.15) is 132 Å². The van der Waals surface area contributed by atoms with Crippen LogP contribution in [0.4, 0.5) is 0 Å². The van der Waals surface area contributed by atoms with Crippen LogP contribution in [0, 0.1) is 62.1 Å². The molecule has 306 valence electrons. The summed E-state index contributed by atoms with van der Waals surface area (Å²) in [6.07, 6.45) is 9.67. The van der Waals surface area contributed by atoms with E-state index in [-0.39, 0.29) is 46.0 Å². The van der Waals surface area contributed by atoms with E-state index in [1.807, 2.05) is 12.1 Å². The van der Waals surface area contributed by atoms with Crippen LogP contribution in [0.25, 0.3) is 0 Å². The molecule has 0 bridgehead atoms. The van der Waals surface area contributed by atoms with Crippen LogP contribution < -0.4 is 19.5 Å². The minimum absolute atomic E-state index is 0.0724. The Morgan fingerprint density at radius 2 is 1.49 bits per heavy atom. The van der Waals surface area contributed by atoms with E-state index >= 15 is 0 Å². The number of fused-ring (bicyclic) bond motifs is 7. The second-order valence-corrected chi connectivity index (χ2v) is 20.3. The van der Waals surface area contributed by atoms with Crippen molar-refractivity contribution >= 4 is 17.8 Å². The normalized spacial score (nSPS) is 37.6. The fourth-order valence-corrected chi connectivity index (χ4v) is 14.0. The molecule has 1 aromatic carbocycles. The predicted molar refractivity (Wildman–Crippen MR) is 213 cm³/mol. The van der Waals surface area contributed by atoms with Crippen molar-refractivity contribution in [1.29, 1.82) is 0 Å². The van der Waals surface area contributed by atoms with Crippen molar-refractivity contribution in [2.24, 2.45) is 62.1 Å². The molecule has 0 spiro atoms. The Bertz CT molecular complexity index is 1670. The number of esters is 1. The number of hydrogen-bond donors (Lipinski definition) is 2. The molecule has 0 aromatic heterocycles. The van der Waals surface area contributed by atoms with Gasteiger partial charge < -0.3 is 29.4 Å². The van der Waals surface area contributed by atoms with Crippen molar-refractivity contribution in [3.05, 3.63) is 29.8 Å². The molecule has 9 heteroatoms. The lowest BCUT2D eigenvalue weighted by Gasteiger charge is -2.72. The van der Waals surface area contributed by atoms with Crippen LogP contribution in [-0.4, -0.2) is 50.4 Å². The van der Waals surface area contributed by atoms with Gasteiger partial charge in [-0.25, -0.2) is 0 Å². The van der Waals surface area contributed by atoms with Crippen LogP contribution in [0.15, 0.2) is 24.3 Å². The van der Waals surface area contributed by atoms with Crippen molar-refractivity contribution in [2.75, 3.05) is 21.3 Å². The van der Waals surface area contributed by atoms with Gasteiger partial charge in [-0.2, -0.15) is 0 Å². The molecule has 6 rings (SSSR count). The van der Waals surface area contributed by atoms with Gasteiger partial charge in [0.25, 0.3) is 0 Å². The van der Waals surface area contributed by atoms with Gasteiger partial charge in [0, 0.05) is 12.0 Å². The standard InChI is InChI=1S/C46H69NO8/c1-27(2)29-15-20-46(39(49)47-26-28-23-31(52-10)38(54-12)32(24-28)53-11)22-21-44(8)30(37(29)46)13-14-34-43(7)18-17-35(55-36(48)25-41(3,4)40(50)51)42(5,6)33(43)16-19-45(34,44)9/h23-24,29-30,33-35,37H,1,13-22,25-26H2,2-12H3,(H,47,49)(H,50,51)/t29-,30+,33-,34+,35-,37+,43-,44+,45+,46-/m0/s1. The first-order chi connectivity index (χ1) is 25.7. The quantitative estimate of drug-likeness (QED) is 0.169. The first-order valence-electron chi connectivity index (χ1n) is 20.8. The summed E-state index contributed by atoms with van der Waals surface area (Å²) < 4.78 is 22.9. The van der Waals surface area contributed by atoms with Crippen LogP contribution >= 0.6 is 0 Å². The molecule has 10 atom stereocenters. The summed E-state index contributed by atoms with van der Waals surface area (Å²) in [7, 11) is 4.81. The molecule has 1 amide bonds. The van der Waals surface area contributed by atoms with Crippen molar-refractivity contribution in [2.45, 2.75) is 139 Å². The van der Waals surface area contributed by atoms with Crippen molar-refractivity contribution < 1.29 is 38.4 Å². The van der Waals surface area contributed by atoms with E-state index in [1.165, 1.54) is 5.57 Å². The molecule has 5 saturated carbocycles. The maximum absolute atomic E-state index is 14.8. The number of benzene rings is 1. The fourth-order valence-electron chi connectivity index (χ4n) is 14.0. The molecule has 5 aliphatic rings. The number of ether oxygens (including phenoxy) is 4. The van der Waals surface area contributed by atoms with E-state index in [0.717, 1.165) is 69.8 Å². The average Bonchev–Trinajstić information content (AvgIpc) is 3.52. The maximum atomic E-state index is 14.8. The summed E-state index contributed by atoms with van der Waals surface area (Å²) in [5.74, 6) is 2.34. The number of carboxylic acids is 1. The number of carbonyl (C=O) groups excluding carboxylic acids is 2. The number of hydrogen-bond acceptors (Lipinski definition) is 7. The molecule has 55 heavy (non-hydrogen) atoms. The van der Waals surface area contributed by atoms with Crippen molar-refractivity contribution in [3.8, 4) is 17.2 Å². The number of rotatable bonds is 11. The SMILES string of the molecule is C=C(C)[C@@H]1CC[C@]2(C(=O)NCc3cc(OC)c(OC)c(OC)c3)CC[C@]3(C)[C@H](CC[C@@H]4[C@@]5(C)CC[C@H](OC(=O)CC(C)(C)C(=O)O)C(C)(C)[C@@H]5CC[C@]43C)[C@@H]12. The third-order valence-corrected chi connectivity index (χ3v) is 17.1. The number of aliphatic carboxylic acids is 1. The molecular weight excluding hydrogens is 695 g/mol. The number of amides is 1. The van der Waals surface area contributed by atoms with Gasteiger partial charge in [0.1, 0.15) is 6.10 Å². The predicted octanol–water partition coefficient (Wildman–Crippen LogP) is 9.40. The third kappa shape index (κ3) is 6.36. The topological polar surface area (TPSA) is 120 Å². The Morgan fingerprint density at radius 1 is 0.836 bits per heavy atom. The Hall–Kier alpha value is -3.23. The van der Waals surface area contributed by atoms with E-state index in [9.17, 15) is 19.5 Å². The van der Waals surface area contributed by atoms with Crippen LogP contribution in [-0.2, 0) is 25.7 Å². The lowest BCUT2D eigenvalue weighted by Crippen LogP contribution is -2.67. The molecule has 0 unspecified atom stereocenters. The molecule has 0 radical (unpaired) electrons. The molecule has 5 aliphatic carbocycles. The smallest absolute Gasteiger partial charge is 0.309 e. The second kappa shape index (κ2) is 14.3. The van der Waals surface area contributed by atoms with Gasteiger partial charge in [0.2, 0.25) is 11.7 Å². The highest BCUT2D eigenvalue weighted by Crippen LogP contribution is 2.77. The van der Waals surface area contributed by atoms with Crippen molar-refractivity contribution in [1.82, 2.24) is 5.32 Å². The van der Waals surface area contributed by atoms with E-state index in [2.05, 4.69) is 53.4 Å². The molecule has 9 nitrogen and oxygen atoms in total. The highest BCUT2D eigenvalue weighted by atomic mass is 16.5. The minimum Gasteiger partial charge on any atom is -0.493 e. The van der Waals surface area contributed by atoms with E-state index in [4.69, 9.17) is 18.9 Å². The summed E-state index contributed by atoms with van der Waals surface area (Å²) in [5.41, 5.74) is 0.546. The second-order valence-electron chi connectivity index (χ2n) is 20.3. The molecule has 0 heterocycles. The maximum Gasteiger partial charge on any atom is 0.309 e. The lowest BCUT2D eigenvalue weighted by molar-refractivity contribution is -0.249. The summed E-state index contributed by atoms with van der Waals surface area (Å²) in [6, 6.07) is 3.83. The lowest BCUT2D eigenvalue weighted by atomic mass is 9.32. The van der Waals surface area contributed by atoms with Crippen LogP contribution in [0.3, 0.4) is 0 Å². The van der Waals surface area contributed by atoms with Gasteiger partial charge in [0.15, 0.2) is 11.5 Å². The molecule has 0 aliphatic heterocycles. The number of carboxylic acid groups (broad SMARTS) is 1. The largest absolute Gasteiger partial charge is 0.493 e.